The molecule has 0 aliphatic heterocycles. The van der Waals surface area contributed by atoms with Gasteiger partial charge in [-0.3, -0.25) is 4.90 Å². The van der Waals surface area contributed by atoms with E-state index in [2.05, 4.69) is 42.8 Å². The van der Waals surface area contributed by atoms with E-state index < -0.39 is 0 Å². The van der Waals surface area contributed by atoms with Gasteiger partial charge in [-0.25, -0.2) is 4.98 Å². The number of rotatable bonds is 7. The maximum Gasteiger partial charge on any atom is 0.247 e. The molecular weight excluding hydrogens is 386 g/mol. The van der Waals surface area contributed by atoms with E-state index in [0.717, 1.165) is 40.3 Å². The molecule has 0 radical (unpaired) electrons. The molecule has 4 rings (SSSR count). The molecule has 3 aromatic heterocycles. The Morgan fingerprint density at radius 1 is 1.07 bits per heavy atom. The Hall–Kier alpha value is -2.84. The summed E-state index contributed by atoms with van der Waals surface area (Å²) < 4.78 is 11.5. The van der Waals surface area contributed by atoms with Crippen LogP contribution in [-0.2, 0) is 6.54 Å². The van der Waals surface area contributed by atoms with Crippen LogP contribution in [0.15, 0.2) is 35.1 Å². The van der Waals surface area contributed by atoms with Gasteiger partial charge in [0.05, 0.1) is 11.9 Å². The topological polar surface area (TPSA) is 77.2 Å². The van der Waals surface area contributed by atoms with E-state index in [0.29, 0.717) is 24.1 Å². The van der Waals surface area contributed by atoms with Crippen molar-refractivity contribution in [1.29, 1.82) is 0 Å². The summed E-state index contributed by atoms with van der Waals surface area (Å²) in [6.07, 6.45) is 1.32. The number of hydrogen-bond donors (Lipinski definition) is 0. The Labute approximate surface area is 173 Å². The predicted octanol–water partition coefficient (Wildman–Crippen LogP) is 4.99. The van der Waals surface area contributed by atoms with Crippen molar-refractivity contribution in [1.82, 2.24) is 25.1 Å². The fourth-order valence-electron chi connectivity index (χ4n) is 3.12. The molecule has 0 unspecified atom stereocenters. The molecule has 0 bridgehead atoms. The van der Waals surface area contributed by atoms with Crippen molar-refractivity contribution in [3.05, 3.63) is 46.9 Å². The summed E-state index contributed by atoms with van der Waals surface area (Å²) in [5.74, 6) is 2.56. The Morgan fingerprint density at radius 3 is 2.48 bits per heavy atom. The minimum atomic E-state index is 0.479. The molecule has 29 heavy (non-hydrogen) atoms. The van der Waals surface area contributed by atoms with Gasteiger partial charge in [0.1, 0.15) is 16.4 Å². The Kier molecular flexibility index (Phi) is 5.55. The number of aryl methyl sites for hydroxylation is 2. The smallest absolute Gasteiger partial charge is 0.247 e. The summed E-state index contributed by atoms with van der Waals surface area (Å²) in [6.45, 7) is 11.1. The van der Waals surface area contributed by atoms with Gasteiger partial charge in [-0.2, -0.15) is 4.98 Å². The molecule has 0 aliphatic carbocycles. The van der Waals surface area contributed by atoms with Gasteiger partial charge in [0.2, 0.25) is 18.2 Å². The average Bonchev–Trinajstić information content (AvgIpc) is 3.35. The van der Waals surface area contributed by atoms with Crippen LogP contribution in [0.5, 0.6) is 11.6 Å². The van der Waals surface area contributed by atoms with Gasteiger partial charge in [-0.05, 0) is 56.8 Å². The predicted molar refractivity (Wildman–Crippen MR) is 113 cm³/mol. The van der Waals surface area contributed by atoms with Crippen molar-refractivity contribution in [3.8, 4) is 23.1 Å². The lowest BCUT2D eigenvalue weighted by atomic mass is 10.2. The first-order valence-corrected chi connectivity index (χ1v) is 10.4. The van der Waals surface area contributed by atoms with E-state index in [1.165, 1.54) is 11.3 Å². The number of fused-ring (bicyclic) bond motifs is 1. The first-order chi connectivity index (χ1) is 14.1. The van der Waals surface area contributed by atoms with Crippen molar-refractivity contribution >= 4 is 21.6 Å². The van der Waals surface area contributed by atoms with Gasteiger partial charge in [0, 0.05) is 10.4 Å². The Balaban J connectivity index is 1.69. The summed E-state index contributed by atoms with van der Waals surface area (Å²) in [7, 11) is 0. The maximum atomic E-state index is 6.22. The van der Waals surface area contributed by atoms with Crippen LogP contribution in [0.4, 0.5) is 0 Å². The molecule has 0 saturated heterocycles. The van der Waals surface area contributed by atoms with Gasteiger partial charge in [-0.15, -0.1) is 21.5 Å². The Bertz CT molecular complexity index is 1100. The van der Waals surface area contributed by atoms with Crippen LogP contribution in [0.1, 0.15) is 30.1 Å². The number of aromatic nitrogens is 4. The molecule has 8 heteroatoms. The average molecular weight is 410 g/mol. The van der Waals surface area contributed by atoms with Crippen LogP contribution in [0.2, 0.25) is 0 Å². The van der Waals surface area contributed by atoms with E-state index in [1.54, 1.807) is 11.3 Å². The SMILES string of the molecule is CCN(CC)Cc1nc(Oc2ccc(-c3nnco3)cc2)c2c(C)c(C)sc2n1. The molecule has 0 N–H and O–H groups in total. The van der Waals surface area contributed by atoms with Crippen LogP contribution in [0.25, 0.3) is 21.7 Å². The van der Waals surface area contributed by atoms with Crippen LogP contribution in [0.3, 0.4) is 0 Å². The third-order valence-electron chi connectivity index (χ3n) is 4.98. The van der Waals surface area contributed by atoms with Gasteiger partial charge >= 0.3 is 0 Å². The van der Waals surface area contributed by atoms with Crippen molar-refractivity contribution < 1.29 is 9.15 Å². The third kappa shape index (κ3) is 3.99. The fraction of sp³-hybridized carbons (Fsp3) is 0.333. The molecule has 7 nitrogen and oxygen atoms in total. The molecule has 0 atom stereocenters. The second kappa shape index (κ2) is 8.26. The lowest BCUT2D eigenvalue weighted by Gasteiger charge is -2.17. The van der Waals surface area contributed by atoms with Crippen molar-refractivity contribution in [2.24, 2.45) is 0 Å². The lowest BCUT2D eigenvalue weighted by molar-refractivity contribution is 0.287. The largest absolute Gasteiger partial charge is 0.438 e. The summed E-state index contributed by atoms with van der Waals surface area (Å²) in [5, 5.41) is 8.63. The van der Waals surface area contributed by atoms with Crippen LogP contribution >= 0.6 is 11.3 Å². The highest BCUT2D eigenvalue weighted by molar-refractivity contribution is 7.18. The number of benzene rings is 1. The van der Waals surface area contributed by atoms with Gasteiger partial charge in [0.25, 0.3) is 0 Å². The van der Waals surface area contributed by atoms with E-state index >= 15 is 0 Å². The van der Waals surface area contributed by atoms with Crippen molar-refractivity contribution in [2.45, 2.75) is 34.2 Å². The molecule has 0 spiro atoms. The second-order valence-corrected chi connectivity index (χ2v) is 7.94. The zero-order valence-corrected chi connectivity index (χ0v) is 17.8. The van der Waals surface area contributed by atoms with Crippen molar-refractivity contribution in [3.63, 3.8) is 0 Å². The zero-order valence-electron chi connectivity index (χ0n) is 17.0. The molecule has 0 amide bonds. The minimum absolute atomic E-state index is 0.479. The molecule has 0 saturated carbocycles. The fourth-order valence-corrected chi connectivity index (χ4v) is 4.16. The van der Waals surface area contributed by atoms with Crippen LogP contribution in [0, 0.1) is 13.8 Å². The molecule has 3 heterocycles. The van der Waals surface area contributed by atoms with Crippen LogP contribution < -0.4 is 4.74 Å². The third-order valence-corrected chi connectivity index (χ3v) is 6.08. The number of thiophene rings is 1. The van der Waals surface area contributed by atoms with E-state index in [9.17, 15) is 0 Å². The zero-order chi connectivity index (χ0) is 20.4. The normalized spacial score (nSPS) is 11.5. The van der Waals surface area contributed by atoms with E-state index in [4.69, 9.17) is 19.1 Å². The van der Waals surface area contributed by atoms with E-state index in [-0.39, 0.29) is 0 Å². The number of nitrogens with zero attached hydrogens (tertiary/aromatic N) is 5. The summed E-state index contributed by atoms with van der Waals surface area (Å²) >= 11 is 1.68. The van der Waals surface area contributed by atoms with Gasteiger partial charge < -0.3 is 9.15 Å². The lowest BCUT2D eigenvalue weighted by Crippen LogP contribution is -2.23. The molecule has 0 aliphatic rings. The summed E-state index contributed by atoms with van der Waals surface area (Å²) in [5.41, 5.74) is 2.00. The monoisotopic (exact) mass is 409 g/mol. The number of hydrogen-bond acceptors (Lipinski definition) is 8. The molecule has 1 aromatic carbocycles. The highest BCUT2D eigenvalue weighted by atomic mass is 32.1. The van der Waals surface area contributed by atoms with E-state index in [1.807, 2.05) is 24.3 Å². The second-order valence-electron chi connectivity index (χ2n) is 6.74. The summed E-state index contributed by atoms with van der Waals surface area (Å²) in [4.78, 5) is 14.1. The van der Waals surface area contributed by atoms with Crippen LogP contribution in [-0.4, -0.2) is 38.2 Å². The molecule has 4 aromatic rings. The minimum Gasteiger partial charge on any atom is -0.438 e. The van der Waals surface area contributed by atoms with Gasteiger partial charge in [-0.1, -0.05) is 13.8 Å². The maximum absolute atomic E-state index is 6.22. The quantitative estimate of drug-likeness (QED) is 0.425. The highest BCUT2D eigenvalue weighted by Crippen LogP contribution is 2.36. The molecule has 150 valence electrons. The summed E-state index contributed by atoms with van der Waals surface area (Å²) in [6, 6.07) is 7.55. The first-order valence-electron chi connectivity index (χ1n) is 9.62. The number of ether oxygens (including phenoxy) is 1. The molecule has 0 fully saturated rings. The standard InChI is InChI=1S/C21H23N5O2S/c1-5-26(6-2)11-17-23-20(18-13(3)14(4)29-21(18)24-17)28-16-9-7-15(8-10-16)19-25-22-12-27-19/h7-10,12H,5-6,11H2,1-4H3. The Morgan fingerprint density at radius 2 is 1.83 bits per heavy atom. The first kappa shape index (κ1) is 19.5. The van der Waals surface area contributed by atoms with Crippen molar-refractivity contribution in [2.75, 3.05) is 13.1 Å². The highest BCUT2D eigenvalue weighted by Gasteiger charge is 2.17. The molecular formula is C21H23N5O2S. The van der Waals surface area contributed by atoms with Gasteiger partial charge in [0.15, 0.2) is 0 Å².